The van der Waals surface area contributed by atoms with Crippen LogP contribution in [0.2, 0.25) is 0 Å². The Bertz CT molecular complexity index is 160. The van der Waals surface area contributed by atoms with Gasteiger partial charge < -0.3 is 13.3 Å². The summed E-state index contributed by atoms with van der Waals surface area (Å²) in [5.41, 5.74) is 0. The molecule has 0 aliphatic rings. The minimum absolute atomic E-state index is 0.377. The van der Waals surface area contributed by atoms with Crippen LogP contribution < -0.4 is 0 Å². The molecular weight excluding hydrogens is 220 g/mol. The fourth-order valence-electron chi connectivity index (χ4n) is 1.16. The summed E-state index contributed by atoms with van der Waals surface area (Å²) >= 11 is 0. The molecule has 1 unspecified atom stereocenters. The predicted molar refractivity (Wildman–Crippen MR) is 59.6 cm³/mol. The molecule has 0 spiro atoms. The summed E-state index contributed by atoms with van der Waals surface area (Å²) in [6.45, 7) is 7.26. The van der Waals surface area contributed by atoms with Crippen LogP contribution in [0.3, 0.4) is 0 Å². The lowest BCUT2D eigenvalue weighted by Gasteiger charge is -2.27. The van der Waals surface area contributed by atoms with E-state index in [1.165, 1.54) is 0 Å². The molecule has 14 heavy (non-hydrogen) atoms. The highest BCUT2D eigenvalue weighted by atomic mass is 32.2. The van der Waals surface area contributed by atoms with E-state index < -0.39 is 19.6 Å². The molecule has 0 bridgehead atoms. The van der Waals surface area contributed by atoms with Crippen molar-refractivity contribution >= 4 is 19.6 Å². The lowest BCUT2D eigenvalue weighted by molar-refractivity contribution is 0.0771. The zero-order valence-corrected chi connectivity index (χ0v) is 11.2. The van der Waals surface area contributed by atoms with E-state index in [0.717, 1.165) is 0 Å². The molecule has 4 nitrogen and oxygen atoms in total. The van der Waals surface area contributed by atoms with Gasteiger partial charge in [-0.15, -0.1) is 0 Å². The first-order chi connectivity index (χ1) is 6.60. The smallest absolute Gasteiger partial charge is 0.373 e. The molecule has 0 aromatic rings. The SMILES string of the molecule is CCO[Si](CS(C)=O)(OCC)OCC. The monoisotopic (exact) mass is 240 g/mol. The van der Waals surface area contributed by atoms with E-state index in [9.17, 15) is 4.21 Å². The van der Waals surface area contributed by atoms with Gasteiger partial charge in [-0.05, 0) is 20.8 Å². The van der Waals surface area contributed by atoms with Gasteiger partial charge in [-0.3, -0.25) is 4.21 Å². The average Bonchev–Trinajstić information content (AvgIpc) is 2.03. The van der Waals surface area contributed by atoms with Crippen LogP contribution >= 0.6 is 0 Å². The van der Waals surface area contributed by atoms with E-state index in [-0.39, 0.29) is 0 Å². The second-order valence-electron chi connectivity index (χ2n) is 2.70. The summed E-state index contributed by atoms with van der Waals surface area (Å²) in [5, 5.41) is 0.377. The molecule has 0 amide bonds. The second-order valence-corrected chi connectivity index (χ2v) is 7.23. The van der Waals surface area contributed by atoms with Gasteiger partial charge in [0.1, 0.15) is 0 Å². The van der Waals surface area contributed by atoms with Crippen LogP contribution in [0.15, 0.2) is 0 Å². The highest BCUT2D eigenvalue weighted by molar-refractivity contribution is 7.85. The van der Waals surface area contributed by atoms with Gasteiger partial charge in [-0.1, -0.05) is 0 Å². The Morgan fingerprint density at radius 1 is 1.00 bits per heavy atom. The van der Waals surface area contributed by atoms with E-state index in [0.29, 0.717) is 25.2 Å². The molecule has 86 valence electrons. The van der Waals surface area contributed by atoms with Crippen molar-refractivity contribution in [3.8, 4) is 0 Å². The maximum Gasteiger partial charge on any atom is 0.514 e. The average molecular weight is 240 g/mol. The quantitative estimate of drug-likeness (QED) is 0.593. The molecular formula is C8H20O4SSi. The van der Waals surface area contributed by atoms with Gasteiger partial charge in [0.05, 0.1) is 5.38 Å². The van der Waals surface area contributed by atoms with Gasteiger partial charge in [0.25, 0.3) is 0 Å². The van der Waals surface area contributed by atoms with Crippen LogP contribution in [-0.4, -0.2) is 44.5 Å². The van der Waals surface area contributed by atoms with Crippen LogP contribution in [0.1, 0.15) is 20.8 Å². The van der Waals surface area contributed by atoms with Crippen molar-refractivity contribution in [1.82, 2.24) is 0 Å². The third-order valence-corrected chi connectivity index (χ3v) is 6.70. The second kappa shape index (κ2) is 7.53. The largest absolute Gasteiger partial charge is 0.514 e. The molecule has 0 aliphatic carbocycles. The fraction of sp³-hybridized carbons (Fsp3) is 1.00. The van der Waals surface area contributed by atoms with Crippen molar-refractivity contribution in [2.24, 2.45) is 0 Å². The zero-order valence-electron chi connectivity index (χ0n) is 9.37. The Balaban J connectivity index is 4.45. The Hall–Kier alpha value is 0.247. The lowest BCUT2D eigenvalue weighted by Crippen LogP contribution is -2.51. The van der Waals surface area contributed by atoms with Gasteiger partial charge in [0.15, 0.2) is 0 Å². The summed E-state index contributed by atoms with van der Waals surface area (Å²) in [7, 11) is -3.61. The maximum absolute atomic E-state index is 11.2. The normalized spacial score (nSPS) is 14.3. The minimum atomic E-state index is -2.66. The molecule has 0 aromatic heterocycles. The van der Waals surface area contributed by atoms with Gasteiger partial charge in [-0.2, -0.15) is 0 Å². The van der Waals surface area contributed by atoms with Crippen molar-refractivity contribution in [3.05, 3.63) is 0 Å². The number of hydrogen-bond acceptors (Lipinski definition) is 4. The Morgan fingerprint density at radius 2 is 1.36 bits per heavy atom. The van der Waals surface area contributed by atoms with E-state index in [2.05, 4.69) is 0 Å². The topological polar surface area (TPSA) is 44.8 Å². The van der Waals surface area contributed by atoms with Crippen LogP contribution in [0.25, 0.3) is 0 Å². The van der Waals surface area contributed by atoms with Crippen molar-refractivity contribution in [3.63, 3.8) is 0 Å². The summed E-state index contributed by atoms with van der Waals surface area (Å²) < 4.78 is 27.8. The summed E-state index contributed by atoms with van der Waals surface area (Å²) in [5.74, 6) is 0. The highest BCUT2D eigenvalue weighted by Crippen LogP contribution is 2.11. The molecule has 0 aliphatic heterocycles. The van der Waals surface area contributed by atoms with Crippen molar-refractivity contribution in [1.29, 1.82) is 0 Å². The molecule has 0 fully saturated rings. The van der Waals surface area contributed by atoms with Crippen LogP contribution in [0.5, 0.6) is 0 Å². The molecule has 0 saturated heterocycles. The van der Waals surface area contributed by atoms with Gasteiger partial charge >= 0.3 is 8.80 Å². The predicted octanol–water partition coefficient (Wildman–Crippen LogP) is 0.952. The Labute approximate surface area is 89.8 Å². The molecule has 1 atom stereocenters. The van der Waals surface area contributed by atoms with E-state index in [1.54, 1.807) is 6.26 Å². The summed E-state index contributed by atoms with van der Waals surface area (Å²) in [6.07, 6.45) is 1.64. The molecule has 0 heterocycles. The first-order valence-electron chi connectivity index (χ1n) is 4.82. The molecule has 0 rings (SSSR count). The van der Waals surface area contributed by atoms with Crippen LogP contribution in [0.4, 0.5) is 0 Å². The zero-order chi connectivity index (χ0) is 11.0. The number of rotatable bonds is 8. The summed E-state index contributed by atoms with van der Waals surface area (Å²) in [4.78, 5) is 0. The number of hydrogen-bond donors (Lipinski definition) is 0. The minimum Gasteiger partial charge on any atom is -0.373 e. The summed E-state index contributed by atoms with van der Waals surface area (Å²) in [6, 6.07) is 0. The van der Waals surface area contributed by atoms with Crippen molar-refractivity contribution in [2.75, 3.05) is 31.5 Å². The molecule has 0 saturated carbocycles. The van der Waals surface area contributed by atoms with Gasteiger partial charge in [-0.25, -0.2) is 0 Å². The third kappa shape index (κ3) is 5.21. The molecule has 0 radical (unpaired) electrons. The highest BCUT2D eigenvalue weighted by Gasteiger charge is 2.41. The molecule has 6 heteroatoms. The third-order valence-electron chi connectivity index (χ3n) is 1.47. The van der Waals surface area contributed by atoms with E-state index in [1.807, 2.05) is 20.8 Å². The fourth-order valence-corrected chi connectivity index (χ4v) is 5.72. The Morgan fingerprint density at radius 3 is 1.57 bits per heavy atom. The van der Waals surface area contributed by atoms with E-state index in [4.69, 9.17) is 13.3 Å². The van der Waals surface area contributed by atoms with Crippen LogP contribution in [-0.2, 0) is 24.1 Å². The van der Waals surface area contributed by atoms with Gasteiger partial charge in [0.2, 0.25) is 0 Å². The maximum atomic E-state index is 11.2. The molecule has 0 N–H and O–H groups in total. The van der Waals surface area contributed by atoms with Crippen molar-refractivity contribution in [2.45, 2.75) is 20.8 Å². The lowest BCUT2D eigenvalue weighted by atomic mass is 10.9. The first-order valence-corrected chi connectivity index (χ1v) is 8.48. The van der Waals surface area contributed by atoms with Gasteiger partial charge in [0, 0.05) is 36.9 Å². The standard InChI is InChI=1S/C8H20O4SSi/c1-5-10-14(11-6-2,12-7-3)8-13(4)9/h5-8H2,1-4H3. The van der Waals surface area contributed by atoms with Crippen molar-refractivity contribution < 1.29 is 17.5 Å². The Kier molecular flexibility index (Phi) is 7.66. The molecule has 0 aromatic carbocycles. The first kappa shape index (κ1) is 14.2. The van der Waals surface area contributed by atoms with Crippen LogP contribution in [0, 0.1) is 0 Å². The van der Waals surface area contributed by atoms with E-state index >= 15 is 0 Å².